The molecule has 0 radical (unpaired) electrons. The Kier molecular flexibility index (Phi) is 3.31. The molecule has 1 heteroatoms. The van der Waals surface area contributed by atoms with Gasteiger partial charge in [0, 0.05) is 6.04 Å². The first kappa shape index (κ1) is 12.6. The lowest BCUT2D eigenvalue weighted by Gasteiger charge is -2.59. The molecule has 1 aliphatic rings. The molecule has 0 aliphatic heterocycles. The second kappa shape index (κ2) is 4.45. The van der Waals surface area contributed by atoms with E-state index >= 15 is 0 Å². The van der Waals surface area contributed by atoms with Gasteiger partial charge in [-0.2, -0.15) is 0 Å². The van der Waals surface area contributed by atoms with Gasteiger partial charge in [-0.15, -0.1) is 0 Å². The van der Waals surface area contributed by atoms with Crippen molar-refractivity contribution in [3.8, 4) is 0 Å². The number of rotatable bonds is 3. The van der Waals surface area contributed by atoms with E-state index in [0.29, 0.717) is 23.3 Å². The van der Waals surface area contributed by atoms with Crippen molar-refractivity contribution in [2.24, 2.45) is 17.1 Å². The summed E-state index contributed by atoms with van der Waals surface area (Å²) in [5.74, 6) is 1.26. The van der Waals surface area contributed by atoms with Crippen LogP contribution in [0.1, 0.15) is 50.7 Å². The molecule has 1 aliphatic carbocycles. The van der Waals surface area contributed by atoms with Crippen molar-refractivity contribution in [2.75, 3.05) is 0 Å². The van der Waals surface area contributed by atoms with Crippen LogP contribution in [-0.4, -0.2) is 6.04 Å². The summed E-state index contributed by atoms with van der Waals surface area (Å²) < 4.78 is 0. The molecule has 2 rings (SSSR count). The van der Waals surface area contributed by atoms with Crippen LogP contribution in [0, 0.1) is 18.3 Å². The van der Waals surface area contributed by atoms with E-state index in [1.54, 1.807) is 0 Å². The van der Waals surface area contributed by atoms with Gasteiger partial charge in [-0.3, -0.25) is 0 Å². The minimum absolute atomic E-state index is 0.328. The number of nitrogens with two attached hydrogens (primary N) is 1. The number of aryl methyl sites for hydroxylation is 1. The molecule has 0 amide bonds. The van der Waals surface area contributed by atoms with E-state index < -0.39 is 0 Å². The maximum atomic E-state index is 6.38. The molecule has 3 unspecified atom stereocenters. The molecule has 1 fully saturated rings. The standard InChI is InChI=1S/C16H25N/c1-5-16(6-2)14(12(4)15(16)17)13-9-7-11(3)8-10-13/h7-10,12,14-15H,5-6,17H2,1-4H3. The third-order valence-electron chi connectivity index (χ3n) is 5.13. The van der Waals surface area contributed by atoms with Crippen molar-refractivity contribution in [2.45, 2.75) is 52.5 Å². The van der Waals surface area contributed by atoms with Crippen LogP contribution in [-0.2, 0) is 0 Å². The first-order valence-corrected chi connectivity index (χ1v) is 6.89. The molecular formula is C16H25N. The summed E-state index contributed by atoms with van der Waals surface area (Å²) in [4.78, 5) is 0. The predicted octanol–water partition coefficient (Wildman–Crippen LogP) is 3.86. The van der Waals surface area contributed by atoms with Crippen molar-refractivity contribution in [3.63, 3.8) is 0 Å². The van der Waals surface area contributed by atoms with Gasteiger partial charge in [0.1, 0.15) is 0 Å². The van der Waals surface area contributed by atoms with Gasteiger partial charge in [0.15, 0.2) is 0 Å². The first-order valence-electron chi connectivity index (χ1n) is 6.89. The Labute approximate surface area is 105 Å². The highest BCUT2D eigenvalue weighted by atomic mass is 14.8. The zero-order valence-corrected chi connectivity index (χ0v) is 11.5. The number of hydrogen-bond donors (Lipinski definition) is 1. The number of benzene rings is 1. The summed E-state index contributed by atoms with van der Waals surface area (Å²) in [5.41, 5.74) is 9.52. The van der Waals surface area contributed by atoms with Crippen LogP contribution < -0.4 is 5.73 Å². The Hall–Kier alpha value is -0.820. The molecule has 94 valence electrons. The molecule has 17 heavy (non-hydrogen) atoms. The SMILES string of the molecule is CCC1(CC)C(N)C(C)C1c1ccc(C)cc1. The lowest BCUT2D eigenvalue weighted by molar-refractivity contribution is -0.0179. The molecule has 2 N–H and O–H groups in total. The smallest absolute Gasteiger partial charge is 0.0133 e. The van der Waals surface area contributed by atoms with E-state index in [1.165, 1.54) is 24.0 Å². The van der Waals surface area contributed by atoms with Crippen LogP contribution >= 0.6 is 0 Å². The molecule has 0 saturated heterocycles. The summed E-state index contributed by atoms with van der Waals surface area (Å²) in [7, 11) is 0. The Morgan fingerprint density at radius 2 is 1.65 bits per heavy atom. The van der Waals surface area contributed by atoms with Crippen molar-refractivity contribution in [1.82, 2.24) is 0 Å². The summed E-state index contributed by atoms with van der Waals surface area (Å²) >= 11 is 0. The quantitative estimate of drug-likeness (QED) is 0.840. The monoisotopic (exact) mass is 231 g/mol. The van der Waals surface area contributed by atoms with Crippen LogP contribution in [0.15, 0.2) is 24.3 Å². The van der Waals surface area contributed by atoms with E-state index in [9.17, 15) is 0 Å². The molecule has 3 atom stereocenters. The fraction of sp³-hybridized carbons (Fsp3) is 0.625. The Morgan fingerprint density at radius 3 is 2.12 bits per heavy atom. The maximum Gasteiger partial charge on any atom is 0.0133 e. The predicted molar refractivity (Wildman–Crippen MR) is 74.1 cm³/mol. The zero-order valence-electron chi connectivity index (χ0n) is 11.5. The largest absolute Gasteiger partial charge is 0.327 e. The molecule has 1 saturated carbocycles. The van der Waals surface area contributed by atoms with Gasteiger partial charge in [-0.1, -0.05) is 50.6 Å². The minimum atomic E-state index is 0.328. The molecule has 0 spiro atoms. The van der Waals surface area contributed by atoms with E-state index in [0.717, 1.165) is 0 Å². The lowest BCUT2D eigenvalue weighted by atomic mass is 9.47. The van der Waals surface area contributed by atoms with Gasteiger partial charge < -0.3 is 5.73 Å². The van der Waals surface area contributed by atoms with Crippen molar-refractivity contribution in [3.05, 3.63) is 35.4 Å². The molecule has 0 bridgehead atoms. The lowest BCUT2D eigenvalue weighted by Crippen LogP contribution is -2.62. The zero-order chi connectivity index (χ0) is 12.6. The molecule has 1 aromatic rings. The van der Waals surface area contributed by atoms with Crippen LogP contribution in [0.3, 0.4) is 0 Å². The third-order valence-corrected chi connectivity index (χ3v) is 5.13. The average Bonchev–Trinajstić information content (AvgIpc) is 2.36. The Bertz CT molecular complexity index is 375. The molecule has 0 heterocycles. The van der Waals surface area contributed by atoms with Gasteiger partial charge in [0.2, 0.25) is 0 Å². The van der Waals surface area contributed by atoms with Crippen LogP contribution in [0.4, 0.5) is 0 Å². The van der Waals surface area contributed by atoms with Gasteiger partial charge in [-0.25, -0.2) is 0 Å². The molecule has 0 aromatic heterocycles. The topological polar surface area (TPSA) is 26.0 Å². The third kappa shape index (κ3) is 1.72. The molecular weight excluding hydrogens is 206 g/mol. The maximum absolute atomic E-state index is 6.38. The van der Waals surface area contributed by atoms with Gasteiger partial charge in [0.05, 0.1) is 0 Å². The van der Waals surface area contributed by atoms with Gasteiger partial charge in [-0.05, 0) is 42.6 Å². The minimum Gasteiger partial charge on any atom is -0.327 e. The first-order chi connectivity index (χ1) is 8.06. The average molecular weight is 231 g/mol. The fourth-order valence-electron chi connectivity index (χ4n) is 3.91. The number of hydrogen-bond acceptors (Lipinski definition) is 1. The van der Waals surface area contributed by atoms with E-state index in [-0.39, 0.29) is 0 Å². The highest BCUT2D eigenvalue weighted by Crippen LogP contribution is 2.59. The molecule has 1 aromatic carbocycles. The van der Waals surface area contributed by atoms with E-state index in [4.69, 9.17) is 5.73 Å². The van der Waals surface area contributed by atoms with Gasteiger partial charge in [0.25, 0.3) is 0 Å². The fourth-order valence-corrected chi connectivity index (χ4v) is 3.91. The van der Waals surface area contributed by atoms with Crippen molar-refractivity contribution >= 4 is 0 Å². The summed E-state index contributed by atoms with van der Waals surface area (Å²) in [6.07, 6.45) is 2.38. The van der Waals surface area contributed by atoms with E-state index in [2.05, 4.69) is 52.0 Å². The second-order valence-electron chi connectivity index (χ2n) is 5.71. The van der Waals surface area contributed by atoms with E-state index in [1.807, 2.05) is 0 Å². The Morgan fingerprint density at radius 1 is 1.12 bits per heavy atom. The van der Waals surface area contributed by atoms with Crippen LogP contribution in [0.25, 0.3) is 0 Å². The normalized spacial score (nSPS) is 31.0. The summed E-state index contributed by atoms with van der Waals surface area (Å²) in [6.45, 7) is 9.03. The van der Waals surface area contributed by atoms with Crippen molar-refractivity contribution < 1.29 is 0 Å². The summed E-state index contributed by atoms with van der Waals surface area (Å²) in [5, 5.41) is 0. The van der Waals surface area contributed by atoms with Gasteiger partial charge >= 0.3 is 0 Å². The van der Waals surface area contributed by atoms with Crippen LogP contribution in [0.5, 0.6) is 0 Å². The second-order valence-corrected chi connectivity index (χ2v) is 5.71. The summed E-state index contributed by atoms with van der Waals surface area (Å²) in [6, 6.07) is 9.40. The Balaban J connectivity index is 2.34. The van der Waals surface area contributed by atoms with Crippen molar-refractivity contribution in [1.29, 1.82) is 0 Å². The van der Waals surface area contributed by atoms with Crippen LogP contribution in [0.2, 0.25) is 0 Å². The highest BCUT2D eigenvalue weighted by Gasteiger charge is 2.56. The highest BCUT2D eigenvalue weighted by molar-refractivity contribution is 5.32. The molecule has 1 nitrogen and oxygen atoms in total.